The van der Waals surface area contributed by atoms with Gasteiger partial charge in [0.2, 0.25) is 0 Å². The van der Waals surface area contributed by atoms with Crippen LogP contribution >= 0.6 is 15.9 Å². The molecule has 1 aromatic carbocycles. The van der Waals surface area contributed by atoms with Gasteiger partial charge in [-0.1, -0.05) is 41.1 Å². The minimum atomic E-state index is 0.264. The second-order valence-corrected chi connectivity index (χ2v) is 3.94. The van der Waals surface area contributed by atoms with Crippen molar-refractivity contribution in [2.75, 3.05) is 20.3 Å². The van der Waals surface area contributed by atoms with Crippen molar-refractivity contribution < 1.29 is 4.74 Å². The van der Waals surface area contributed by atoms with Gasteiger partial charge in [-0.25, -0.2) is 0 Å². The summed E-state index contributed by atoms with van der Waals surface area (Å²) in [5.74, 6) is 0. The van der Waals surface area contributed by atoms with Crippen molar-refractivity contribution in [2.45, 2.75) is 13.0 Å². The maximum atomic E-state index is 5.18. The highest BCUT2D eigenvalue weighted by Crippen LogP contribution is 2.23. The van der Waals surface area contributed by atoms with Gasteiger partial charge in [0, 0.05) is 11.6 Å². The number of likely N-dealkylation sites (N-methyl/N-ethyl adjacent to an activating group) is 1. The molecule has 14 heavy (non-hydrogen) atoms. The number of benzene rings is 1. The molecule has 1 N–H and O–H groups in total. The molecule has 1 rings (SSSR count). The van der Waals surface area contributed by atoms with Crippen molar-refractivity contribution in [2.24, 2.45) is 0 Å². The molecular weight excluding hydrogens is 242 g/mol. The normalized spacial score (nSPS) is 12.8. The van der Waals surface area contributed by atoms with Gasteiger partial charge >= 0.3 is 0 Å². The first-order valence-corrected chi connectivity index (χ1v) is 5.55. The van der Waals surface area contributed by atoms with Crippen molar-refractivity contribution in [3.63, 3.8) is 0 Å². The van der Waals surface area contributed by atoms with Crippen LogP contribution in [0.15, 0.2) is 28.7 Å². The molecule has 1 unspecified atom stereocenters. The summed E-state index contributed by atoms with van der Waals surface area (Å²) in [6.45, 7) is 3.73. The molecule has 0 amide bonds. The van der Waals surface area contributed by atoms with E-state index in [9.17, 15) is 0 Å². The molecule has 0 radical (unpaired) electrons. The predicted molar refractivity (Wildman–Crippen MR) is 62.4 cm³/mol. The van der Waals surface area contributed by atoms with Crippen molar-refractivity contribution in [3.05, 3.63) is 34.3 Å². The Morgan fingerprint density at radius 1 is 1.43 bits per heavy atom. The Balaban J connectivity index is 2.81. The second kappa shape index (κ2) is 6.17. The monoisotopic (exact) mass is 257 g/mol. The topological polar surface area (TPSA) is 21.3 Å². The van der Waals surface area contributed by atoms with Gasteiger partial charge in [0.25, 0.3) is 0 Å². The number of rotatable bonds is 5. The molecule has 0 heterocycles. The number of methoxy groups -OCH3 is 1. The highest BCUT2D eigenvalue weighted by atomic mass is 79.9. The molecule has 1 atom stereocenters. The smallest absolute Gasteiger partial charge is 0.0658 e. The standard InChI is InChI=1S/C11H16BrNO/c1-3-13-11(8-14-2)9-6-4-5-7-10(9)12/h4-7,11,13H,3,8H2,1-2H3. The van der Waals surface area contributed by atoms with E-state index in [0.717, 1.165) is 11.0 Å². The highest BCUT2D eigenvalue weighted by Gasteiger charge is 2.11. The van der Waals surface area contributed by atoms with Crippen LogP contribution in [0.4, 0.5) is 0 Å². The Kier molecular flexibility index (Phi) is 5.15. The van der Waals surface area contributed by atoms with E-state index < -0.39 is 0 Å². The van der Waals surface area contributed by atoms with Gasteiger partial charge in [-0.2, -0.15) is 0 Å². The summed E-state index contributed by atoms with van der Waals surface area (Å²) in [6.07, 6.45) is 0. The average Bonchev–Trinajstić information content (AvgIpc) is 2.18. The van der Waals surface area contributed by atoms with Crippen LogP contribution in [-0.4, -0.2) is 20.3 Å². The minimum absolute atomic E-state index is 0.264. The lowest BCUT2D eigenvalue weighted by Gasteiger charge is -2.18. The van der Waals surface area contributed by atoms with Crippen LogP contribution in [0.5, 0.6) is 0 Å². The second-order valence-electron chi connectivity index (χ2n) is 3.09. The van der Waals surface area contributed by atoms with Crippen molar-refractivity contribution in [1.82, 2.24) is 5.32 Å². The van der Waals surface area contributed by atoms with Crippen LogP contribution in [0.3, 0.4) is 0 Å². The molecule has 0 spiro atoms. The van der Waals surface area contributed by atoms with Gasteiger partial charge < -0.3 is 10.1 Å². The largest absolute Gasteiger partial charge is 0.383 e. The van der Waals surface area contributed by atoms with E-state index >= 15 is 0 Å². The van der Waals surface area contributed by atoms with Crippen molar-refractivity contribution in [1.29, 1.82) is 0 Å². The van der Waals surface area contributed by atoms with Crippen LogP contribution in [0.25, 0.3) is 0 Å². The zero-order valence-electron chi connectivity index (χ0n) is 8.59. The molecule has 0 aliphatic heterocycles. The first-order chi connectivity index (χ1) is 6.79. The summed E-state index contributed by atoms with van der Waals surface area (Å²) in [5, 5.41) is 3.39. The van der Waals surface area contributed by atoms with Crippen LogP contribution in [0, 0.1) is 0 Å². The zero-order valence-corrected chi connectivity index (χ0v) is 10.2. The lowest BCUT2D eigenvalue weighted by molar-refractivity contribution is 0.167. The van der Waals surface area contributed by atoms with Crippen LogP contribution in [0.1, 0.15) is 18.5 Å². The minimum Gasteiger partial charge on any atom is -0.383 e. The molecule has 0 saturated heterocycles. The highest BCUT2D eigenvalue weighted by molar-refractivity contribution is 9.10. The summed E-state index contributed by atoms with van der Waals surface area (Å²) in [7, 11) is 1.72. The van der Waals surface area contributed by atoms with Crippen LogP contribution in [-0.2, 0) is 4.74 Å². The lowest BCUT2D eigenvalue weighted by Crippen LogP contribution is -2.25. The molecule has 0 bridgehead atoms. The number of halogens is 1. The van der Waals surface area contributed by atoms with Crippen molar-refractivity contribution >= 4 is 15.9 Å². The Morgan fingerprint density at radius 2 is 2.14 bits per heavy atom. The van der Waals surface area contributed by atoms with Gasteiger partial charge in [0.15, 0.2) is 0 Å². The maximum absolute atomic E-state index is 5.18. The van der Waals surface area contributed by atoms with Crippen LogP contribution in [0.2, 0.25) is 0 Å². The van der Waals surface area contributed by atoms with E-state index in [-0.39, 0.29) is 6.04 Å². The molecule has 0 aromatic heterocycles. The third kappa shape index (κ3) is 3.08. The van der Waals surface area contributed by atoms with E-state index in [1.165, 1.54) is 5.56 Å². The van der Waals surface area contributed by atoms with Gasteiger partial charge in [-0.15, -0.1) is 0 Å². The predicted octanol–water partition coefficient (Wildman–Crippen LogP) is 2.75. The Morgan fingerprint density at radius 3 is 2.71 bits per heavy atom. The summed E-state index contributed by atoms with van der Waals surface area (Å²) in [6, 6.07) is 8.48. The third-order valence-electron chi connectivity index (χ3n) is 2.06. The van der Waals surface area contributed by atoms with E-state index in [2.05, 4.69) is 40.3 Å². The van der Waals surface area contributed by atoms with E-state index in [0.29, 0.717) is 6.61 Å². The number of nitrogens with one attached hydrogen (secondary N) is 1. The molecule has 2 nitrogen and oxygen atoms in total. The summed E-state index contributed by atoms with van der Waals surface area (Å²) in [5.41, 5.74) is 1.25. The third-order valence-corrected chi connectivity index (χ3v) is 2.79. The molecule has 0 aliphatic rings. The number of ether oxygens (including phenoxy) is 1. The summed E-state index contributed by atoms with van der Waals surface area (Å²) >= 11 is 3.54. The first kappa shape index (κ1) is 11.7. The van der Waals surface area contributed by atoms with E-state index in [1.54, 1.807) is 7.11 Å². The molecule has 0 saturated carbocycles. The fraction of sp³-hybridized carbons (Fsp3) is 0.455. The Labute approximate surface area is 93.8 Å². The zero-order chi connectivity index (χ0) is 10.4. The Hall–Kier alpha value is -0.380. The molecule has 78 valence electrons. The van der Waals surface area contributed by atoms with Gasteiger partial charge in [0.05, 0.1) is 12.6 Å². The summed E-state index contributed by atoms with van der Waals surface area (Å²) in [4.78, 5) is 0. The fourth-order valence-electron chi connectivity index (χ4n) is 1.43. The number of hydrogen-bond donors (Lipinski definition) is 1. The molecule has 3 heteroatoms. The van der Waals surface area contributed by atoms with Gasteiger partial charge in [0.1, 0.15) is 0 Å². The van der Waals surface area contributed by atoms with Gasteiger partial charge in [-0.05, 0) is 18.2 Å². The maximum Gasteiger partial charge on any atom is 0.0658 e. The average molecular weight is 258 g/mol. The molecule has 0 aliphatic carbocycles. The van der Waals surface area contributed by atoms with Crippen LogP contribution < -0.4 is 5.32 Å². The first-order valence-electron chi connectivity index (χ1n) is 4.76. The Bertz CT molecular complexity index is 272. The molecule has 1 aromatic rings. The quantitative estimate of drug-likeness (QED) is 0.876. The number of hydrogen-bond acceptors (Lipinski definition) is 2. The lowest BCUT2D eigenvalue weighted by atomic mass is 10.1. The SMILES string of the molecule is CCNC(COC)c1ccccc1Br. The fourth-order valence-corrected chi connectivity index (χ4v) is 1.99. The molecular formula is C11H16BrNO. The van der Waals surface area contributed by atoms with E-state index in [4.69, 9.17) is 4.74 Å². The van der Waals surface area contributed by atoms with Crippen molar-refractivity contribution in [3.8, 4) is 0 Å². The van der Waals surface area contributed by atoms with E-state index in [1.807, 2.05) is 12.1 Å². The summed E-state index contributed by atoms with van der Waals surface area (Å²) < 4.78 is 6.31. The molecule has 0 fully saturated rings. The van der Waals surface area contributed by atoms with Gasteiger partial charge in [-0.3, -0.25) is 0 Å².